The van der Waals surface area contributed by atoms with Crippen LogP contribution in [-0.4, -0.2) is 22.5 Å². The lowest BCUT2D eigenvalue weighted by molar-refractivity contribution is -0.118. The van der Waals surface area contributed by atoms with Crippen LogP contribution in [0.15, 0.2) is 52.7 Å². The lowest BCUT2D eigenvalue weighted by Crippen LogP contribution is -2.24. The van der Waals surface area contributed by atoms with Gasteiger partial charge in [0, 0.05) is 5.56 Å². The maximum atomic E-state index is 11.6. The number of amidine groups is 1. The van der Waals surface area contributed by atoms with Crippen molar-refractivity contribution in [3.05, 3.63) is 48.0 Å². The van der Waals surface area contributed by atoms with Crippen molar-refractivity contribution in [1.82, 2.24) is 5.32 Å². The number of rotatable bonds is 3. The molecular formula is C16H15N3OS. The minimum atomic E-state index is -0.0449. The van der Waals surface area contributed by atoms with E-state index in [1.54, 1.807) is 6.21 Å². The van der Waals surface area contributed by atoms with Gasteiger partial charge in [0.15, 0.2) is 5.17 Å². The van der Waals surface area contributed by atoms with Crippen molar-refractivity contribution < 1.29 is 4.79 Å². The van der Waals surface area contributed by atoms with Crippen molar-refractivity contribution in [2.24, 2.45) is 10.2 Å². The summed E-state index contributed by atoms with van der Waals surface area (Å²) < 4.78 is 0. The Balaban J connectivity index is 1.81. The third kappa shape index (κ3) is 2.97. The SMILES string of the molecule is CCC1S/C(=N\N=Cc2cccc3ccccc23)NC1=O. The number of thioether (sulfide) groups is 1. The molecule has 1 aliphatic heterocycles. The largest absolute Gasteiger partial charge is 0.303 e. The summed E-state index contributed by atoms with van der Waals surface area (Å²) in [4.78, 5) is 11.6. The molecule has 1 heterocycles. The van der Waals surface area contributed by atoms with Crippen LogP contribution in [0.3, 0.4) is 0 Å². The summed E-state index contributed by atoms with van der Waals surface area (Å²) in [7, 11) is 0. The fourth-order valence-electron chi connectivity index (χ4n) is 2.23. The van der Waals surface area contributed by atoms with Crippen LogP contribution >= 0.6 is 11.8 Å². The predicted octanol–water partition coefficient (Wildman–Crippen LogP) is 3.17. The van der Waals surface area contributed by atoms with E-state index in [2.05, 4.69) is 33.7 Å². The van der Waals surface area contributed by atoms with E-state index in [9.17, 15) is 4.79 Å². The number of amides is 1. The van der Waals surface area contributed by atoms with E-state index in [4.69, 9.17) is 0 Å². The average Bonchev–Trinajstić information content (AvgIpc) is 2.87. The van der Waals surface area contributed by atoms with Gasteiger partial charge in [-0.25, -0.2) is 0 Å². The molecule has 106 valence electrons. The molecule has 1 aliphatic rings. The summed E-state index contributed by atoms with van der Waals surface area (Å²) in [6, 6.07) is 14.2. The number of hydrogen-bond donors (Lipinski definition) is 1. The molecule has 3 rings (SSSR count). The Bertz CT molecular complexity index is 734. The normalized spacial score (nSPS) is 20.5. The van der Waals surface area contributed by atoms with Crippen molar-refractivity contribution in [3.63, 3.8) is 0 Å². The van der Waals surface area contributed by atoms with E-state index >= 15 is 0 Å². The molecule has 1 amide bonds. The van der Waals surface area contributed by atoms with Crippen LogP contribution in [-0.2, 0) is 4.79 Å². The van der Waals surface area contributed by atoms with E-state index in [0.29, 0.717) is 5.17 Å². The van der Waals surface area contributed by atoms with E-state index in [1.807, 2.05) is 31.2 Å². The van der Waals surface area contributed by atoms with Gasteiger partial charge in [0.2, 0.25) is 5.91 Å². The highest BCUT2D eigenvalue weighted by molar-refractivity contribution is 8.15. The Hall–Kier alpha value is -2.14. The van der Waals surface area contributed by atoms with Crippen LogP contribution in [0.25, 0.3) is 10.8 Å². The summed E-state index contributed by atoms with van der Waals surface area (Å²) in [5, 5.41) is 13.8. The molecule has 4 nitrogen and oxygen atoms in total. The summed E-state index contributed by atoms with van der Waals surface area (Å²) in [6.45, 7) is 1.99. The highest BCUT2D eigenvalue weighted by atomic mass is 32.2. The molecule has 0 aromatic heterocycles. The fourth-order valence-corrected chi connectivity index (χ4v) is 3.08. The minimum Gasteiger partial charge on any atom is -0.303 e. The second-order valence-corrected chi connectivity index (χ2v) is 5.91. The molecule has 1 N–H and O–H groups in total. The molecule has 0 aliphatic carbocycles. The first-order chi connectivity index (χ1) is 10.3. The Morgan fingerprint density at radius 3 is 2.86 bits per heavy atom. The van der Waals surface area contributed by atoms with Crippen LogP contribution in [0, 0.1) is 0 Å². The third-order valence-corrected chi connectivity index (χ3v) is 4.55. The topological polar surface area (TPSA) is 53.8 Å². The third-order valence-electron chi connectivity index (χ3n) is 3.32. The number of carbonyl (C=O) groups is 1. The maximum absolute atomic E-state index is 11.6. The average molecular weight is 297 g/mol. The van der Waals surface area contributed by atoms with Gasteiger partial charge in [-0.15, -0.1) is 5.10 Å². The van der Waals surface area contributed by atoms with Gasteiger partial charge in [0.25, 0.3) is 0 Å². The summed E-state index contributed by atoms with van der Waals surface area (Å²) in [6.07, 6.45) is 2.52. The molecule has 1 atom stereocenters. The van der Waals surface area contributed by atoms with Gasteiger partial charge in [0.1, 0.15) is 0 Å². The Kier molecular flexibility index (Phi) is 4.01. The van der Waals surface area contributed by atoms with Crippen molar-refractivity contribution in [2.45, 2.75) is 18.6 Å². The molecule has 0 bridgehead atoms. The fraction of sp³-hybridized carbons (Fsp3) is 0.188. The van der Waals surface area contributed by atoms with Gasteiger partial charge in [-0.2, -0.15) is 5.10 Å². The number of nitrogens with one attached hydrogen (secondary N) is 1. The zero-order valence-corrected chi connectivity index (χ0v) is 12.4. The molecule has 2 aromatic carbocycles. The van der Waals surface area contributed by atoms with Gasteiger partial charge in [-0.1, -0.05) is 61.2 Å². The van der Waals surface area contributed by atoms with Gasteiger partial charge >= 0.3 is 0 Å². The number of nitrogens with zero attached hydrogens (tertiary/aromatic N) is 2. The number of hydrogen-bond acceptors (Lipinski definition) is 4. The molecule has 1 unspecified atom stereocenters. The first-order valence-corrected chi connectivity index (χ1v) is 7.72. The Morgan fingerprint density at radius 1 is 1.24 bits per heavy atom. The van der Waals surface area contributed by atoms with Crippen LogP contribution in [0.4, 0.5) is 0 Å². The van der Waals surface area contributed by atoms with Crippen LogP contribution in [0.1, 0.15) is 18.9 Å². The standard InChI is InChI=1S/C16H15N3OS/c1-2-14-15(20)18-16(21-14)19-17-10-12-8-5-7-11-6-3-4-9-13(11)12/h3-10,14H,2H2,1H3,(H,18,19,20). The zero-order chi connectivity index (χ0) is 14.7. The quantitative estimate of drug-likeness (QED) is 0.699. The highest BCUT2D eigenvalue weighted by Crippen LogP contribution is 2.22. The molecule has 0 spiro atoms. The highest BCUT2D eigenvalue weighted by Gasteiger charge is 2.28. The molecule has 0 saturated carbocycles. The summed E-state index contributed by atoms with van der Waals surface area (Å²) in [5.41, 5.74) is 1.01. The lowest BCUT2D eigenvalue weighted by atomic mass is 10.1. The molecule has 1 fully saturated rings. The number of fused-ring (bicyclic) bond motifs is 1. The second-order valence-electron chi connectivity index (χ2n) is 4.72. The van der Waals surface area contributed by atoms with Crippen molar-refractivity contribution in [3.8, 4) is 0 Å². The monoisotopic (exact) mass is 297 g/mol. The van der Waals surface area contributed by atoms with Crippen LogP contribution in [0.5, 0.6) is 0 Å². The molecule has 2 aromatic rings. The first kappa shape index (κ1) is 13.8. The van der Waals surface area contributed by atoms with Gasteiger partial charge in [-0.05, 0) is 17.2 Å². The smallest absolute Gasteiger partial charge is 0.239 e. The number of carbonyl (C=O) groups excluding carboxylic acids is 1. The van der Waals surface area contributed by atoms with E-state index < -0.39 is 0 Å². The molecule has 5 heteroatoms. The summed E-state index contributed by atoms with van der Waals surface area (Å²) in [5.74, 6) is 0.0154. The molecule has 21 heavy (non-hydrogen) atoms. The second kappa shape index (κ2) is 6.10. The Labute approximate surface area is 127 Å². The minimum absolute atomic E-state index is 0.0154. The van der Waals surface area contributed by atoms with Crippen molar-refractivity contribution in [2.75, 3.05) is 0 Å². The number of benzene rings is 2. The van der Waals surface area contributed by atoms with Gasteiger partial charge < -0.3 is 5.32 Å². The Morgan fingerprint density at radius 2 is 2.05 bits per heavy atom. The van der Waals surface area contributed by atoms with Gasteiger partial charge in [-0.3, -0.25) is 4.79 Å². The molecular weight excluding hydrogens is 282 g/mol. The van der Waals surface area contributed by atoms with E-state index in [-0.39, 0.29) is 11.2 Å². The van der Waals surface area contributed by atoms with Gasteiger partial charge in [0.05, 0.1) is 11.5 Å². The molecule has 1 saturated heterocycles. The summed E-state index contributed by atoms with van der Waals surface area (Å²) >= 11 is 1.43. The maximum Gasteiger partial charge on any atom is 0.239 e. The molecule has 0 radical (unpaired) electrons. The van der Waals surface area contributed by atoms with E-state index in [1.165, 1.54) is 17.1 Å². The van der Waals surface area contributed by atoms with Crippen molar-refractivity contribution in [1.29, 1.82) is 0 Å². The first-order valence-electron chi connectivity index (χ1n) is 6.84. The van der Waals surface area contributed by atoms with Crippen LogP contribution in [0.2, 0.25) is 0 Å². The van der Waals surface area contributed by atoms with Crippen molar-refractivity contribution >= 4 is 39.8 Å². The zero-order valence-electron chi connectivity index (χ0n) is 11.6. The van der Waals surface area contributed by atoms with Crippen LogP contribution < -0.4 is 5.32 Å². The lowest BCUT2D eigenvalue weighted by Gasteiger charge is -2.00. The van der Waals surface area contributed by atoms with E-state index in [0.717, 1.165) is 17.4 Å². The predicted molar refractivity (Wildman–Crippen MR) is 88.8 cm³/mol.